The topological polar surface area (TPSA) is 41.6 Å². The highest BCUT2D eigenvalue weighted by atomic mass is 32.1. The molecule has 0 aliphatic rings. The van der Waals surface area contributed by atoms with Gasteiger partial charge in [-0.2, -0.15) is 0 Å². The maximum Gasteiger partial charge on any atom is 0.413 e. The van der Waals surface area contributed by atoms with Crippen LogP contribution in [0.3, 0.4) is 0 Å². The van der Waals surface area contributed by atoms with E-state index in [2.05, 4.69) is 12.2 Å². The number of hydrogen-bond donors (Lipinski definition) is 1. The van der Waals surface area contributed by atoms with Crippen LogP contribution in [0.25, 0.3) is 0 Å². The average Bonchev–Trinajstić information content (AvgIpc) is 2.30. The second-order valence-electron chi connectivity index (χ2n) is 3.80. The molecule has 0 aliphatic heterocycles. The Morgan fingerprint density at radius 3 is 2.35 bits per heavy atom. The minimum absolute atomic E-state index is 0.438. The van der Waals surface area contributed by atoms with Crippen molar-refractivity contribution in [2.75, 3.05) is 19.7 Å². The van der Waals surface area contributed by atoms with E-state index in [-0.39, 0.29) is 0 Å². The van der Waals surface area contributed by atoms with Crippen molar-refractivity contribution in [3.8, 4) is 0 Å². The summed E-state index contributed by atoms with van der Waals surface area (Å²) in [6.07, 6.45) is 3.93. The minimum Gasteiger partial charge on any atom is -0.449 e. The first-order chi connectivity index (χ1) is 8.15. The van der Waals surface area contributed by atoms with Gasteiger partial charge in [-0.15, -0.1) is 0 Å². The zero-order valence-electron chi connectivity index (χ0n) is 11.1. The Balaban J connectivity index is 3.67. The number of amides is 1. The molecule has 0 radical (unpaired) electrons. The summed E-state index contributed by atoms with van der Waals surface area (Å²) < 4.78 is 5.03. The second-order valence-corrected chi connectivity index (χ2v) is 4.19. The zero-order chi connectivity index (χ0) is 13.1. The number of alkyl carbamates (subject to hydrolysis) is 1. The fraction of sp³-hybridized carbons (Fsp3) is 0.833. The minimum atomic E-state index is -0.446. The molecule has 0 bridgehead atoms. The average molecular weight is 260 g/mol. The van der Waals surface area contributed by atoms with E-state index in [1.54, 1.807) is 0 Å². The van der Waals surface area contributed by atoms with Crippen LogP contribution in [-0.4, -0.2) is 35.8 Å². The van der Waals surface area contributed by atoms with Crippen molar-refractivity contribution < 1.29 is 9.53 Å². The molecule has 17 heavy (non-hydrogen) atoms. The number of rotatable bonds is 7. The van der Waals surface area contributed by atoms with Crippen LogP contribution < -0.4 is 5.32 Å². The van der Waals surface area contributed by atoms with Gasteiger partial charge in [-0.3, -0.25) is 5.32 Å². The van der Waals surface area contributed by atoms with E-state index in [0.717, 1.165) is 25.9 Å². The van der Waals surface area contributed by atoms with Crippen LogP contribution in [-0.2, 0) is 4.74 Å². The van der Waals surface area contributed by atoms with Gasteiger partial charge >= 0.3 is 6.09 Å². The van der Waals surface area contributed by atoms with Crippen LogP contribution in [0.15, 0.2) is 0 Å². The molecule has 4 nitrogen and oxygen atoms in total. The van der Waals surface area contributed by atoms with E-state index in [0.29, 0.717) is 11.7 Å². The molecule has 0 heterocycles. The van der Waals surface area contributed by atoms with Gasteiger partial charge in [0, 0.05) is 13.1 Å². The van der Waals surface area contributed by atoms with Crippen molar-refractivity contribution in [3.63, 3.8) is 0 Å². The summed E-state index contributed by atoms with van der Waals surface area (Å²) in [5.41, 5.74) is 0. The quantitative estimate of drug-likeness (QED) is 0.564. The molecular formula is C12H24N2O2S. The van der Waals surface area contributed by atoms with Gasteiger partial charge in [-0.05, 0) is 32.5 Å². The largest absolute Gasteiger partial charge is 0.449 e. The van der Waals surface area contributed by atoms with Crippen LogP contribution in [0, 0.1) is 0 Å². The summed E-state index contributed by atoms with van der Waals surface area (Å²) in [5, 5.41) is 3.01. The van der Waals surface area contributed by atoms with Gasteiger partial charge in [0.2, 0.25) is 0 Å². The Bertz CT molecular complexity index is 231. The Morgan fingerprint density at radius 1 is 1.18 bits per heavy atom. The number of nitrogens with zero attached hydrogens (tertiary/aromatic N) is 1. The highest BCUT2D eigenvalue weighted by molar-refractivity contribution is 7.80. The van der Waals surface area contributed by atoms with E-state index < -0.39 is 6.09 Å². The summed E-state index contributed by atoms with van der Waals surface area (Å²) in [4.78, 5) is 13.3. The Labute approximate surface area is 110 Å². The highest BCUT2D eigenvalue weighted by Gasteiger charge is 2.09. The lowest BCUT2D eigenvalue weighted by Crippen LogP contribution is -2.42. The first kappa shape index (κ1) is 16.2. The van der Waals surface area contributed by atoms with Crippen LogP contribution in [0.1, 0.15) is 46.5 Å². The van der Waals surface area contributed by atoms with Gasteiger partial charge < -0.3 is 9.64 Å². The van der Waals surface area contributed by atoms with Crippen LogP contribution in [0.4, 0.5) is 4.79 Å². The highest BCUT2D eigenvalue weighted by Crippen LogP contribution is 1.99. The summed E-state index contributed by atoms with van der Waals surface area (Å²) in [6, 6.07) is 0. The van der Waals surface area contributed by atoms with Crippen molar-refractivity contribution in [2.24, 2.45) is 0 Å². The van der Waals surface area contributed by atoms with Gasteiger partial charge in [0.05, 0.1) is 6.61 Å². The van der Waals surface area contributed by atoms with Gasteiger partial charge in [-0.25, -0.2) is 4.79 Å². The van der Waals surface area contributed by atoms with Crippen LogP contribution in [0.5, 0.6) is 0 Å². The van der Waals surface area contributed by atoms with Crippen molar-refractivity contribution in [3.05, 3.63) is 0 Å². The third kappa shape index (κ3) is 7.96. The molecule has 0 aliphatic carbocycles. The molecule has 0 rings (SSSR count). The number of thiocarbonyl (C=S) groups is 1. The molecule has 0 aromatic carbocycles. The number of nitrogens with one attached hydrogen (secondary N) is 1. The molecular weight excluding hydrogens is 236 g/mol. The maximum atomic E-state index is 11.4. The first-order valence-electron chi connectivity index (χ1n) is 6.38. The number of carbonyl (C=O) groups is 1. The fourth-order valence-electron chi connectivity index (χ4n) is 1.41. The predicted octanol–water partition coefficient (Wildman–Crippen LogP) is 2.92. The standard InChI is InChI=1S/C12H24N2O2S/c1-4-7-8-9-10-16-12(15)13-11(17)14(5-2)6-3/h4-10H2,1-3H3,(H,13,15,17). The van der Waals surface area contributed by atoms with Crippen molar-refractivity contribution in [1.82, 2.24) is 10.2 Å². The molecule has 0 saturated carbocycles. The number of ether oxygens (including phenoxy) is 1. The molecule has 1 amide bonds. The second kappa shape index (κ2) is 10.3. The van der Waals surface area contributed by atoms with E-state index >= 15 is 0 Å². The molecule has 0 aromatic rings. The zero-order valence-corrected chi connectivity index (χ0v) is 11.9. The van der Waals surface area contributed by atoms with Gasteiger partial charge in [0.25, 0.3) is 0 Å². The lowest BCUT2D eigenvalue weighted by Gasteiger charge is -2.21. The SMILES string of the molecule is CCCCCCOC(=O)NC(=S)N(CC)CC. The molecule has 0 saturated heterocycles. The normalized spacial score (nSPS) is 9.82. The molecule has 100 valence electrons. The molecule has 0 spiro atoms. The summed E-state index contributed by atoms with van der Waals surface area (Å²) in [6.45, 7) is 8.17. The molecule has 5 heteroatoms. The van der Waals surface area contributed by atoms with E-state index in [9.17, 15) is 4.79 Å². The molecule has 0 aromatic heterocycles. The van der Waals surface area contributed by atoms with E-state index in [1.807, 2.05) is 18.7 Å². The lowest BCUT2D eigenvalue weighted by atomic mass is 10.2. The maximum absolute atomic E-state index is 11.4. The van der Waals surface area contributed by atoms with E-state index in [4.69, 9.17) is 17.0 Å². The van der Waals surface area contributed by atoms with Gasteiger partial charge in [-0.1, -0.05) is 26.2 Å². The third-order valence-electron chi connectivity index (χ3n) is 2.49. The monoisotopic (exact) mass is 260 g/mol. The van der Waals surface area contributed by atoms with Crippen LogP contribution >= 0.6 is 12.2 Å². The van der Waals surface area contributed by atoms with Gasteiger partial charge in [0.15, 0.2) is 5.11 Å². The summed E-state index contributed by atoms with van der Waals surface area (Å²) in [7, 11) is 0. The molecule has 0 atom stereocenters. The molecule has 1 N–H and O–H groups in total. The number of unbranched alkanes of at least 4 members (excludes halogenated alkanes) is 3. The van der Waals surface area contributed by atoms with Crippen LogP contribution in [0.2, 0.25) is 0 Å². The van der Waals surface area contributed by atoms with Crippen molar-refractivity contribution >= 4 is 23.4 Å². The summed E-state index contributed by atoms with van der Waals surface area (Å²) >= 11 is 5.08. The molecule has 0 unspecified atom stereocenters. The predicted molar refractivity (Wildman–Crippen MR) is 74.1 cm³/mol. The Morgan fingerprint density at radius 2 is 1.82 bits per heavy atom. The first-order valence-corrected chi connectivity index (χ1v) is 6.79. The smallest absolute Gasteiger partial charge is 0.413 e. The van der Waals surface area contributed by atoms with Gasteiger partial charge in [0.1, 0.15) is 0 Å². The Kier molecular flexibility index (Phi) is 9.81. The molecule has 0 fully saturated rings. The van der Waals surface area contributed by atoms with E-state index in [1.165, 1.54) is 12.8 Å². The van der Waals surface area contributed by atoms with Crippen molar-refractivity contribution in [2.45, 2.75) is 46.5 Å². The number of hydrogen-bond acceptors (Lipinski definition) is 3. The summed E-state index contributed by atoms with van der Waals surface area (Å²) in [5.74, 6) is 0. The third-order valence-corrected chi connectivity index (χ3v) is 2.85. The Hall–Kier alpha value is -0.840. The number of carbonyl (C=O) groups excluding carboxylic acids is 1. The fourth-order valence-corrected chi connectivity index (χ4v) is 1.75. The van der Waals surface area contributed by atoms with Crippen molar-refractivity contribution in [1.29, 1.82) is 0 Å². The lowest BCUT2D eigenvalue weighted by molar-refractivity contribution is 0.148.